The topological polar surface area (TPSA) is 61.4 Å². The first-order chi connectivity index (χ1) is 15.4. The minimum absolute atomic E-state index is 0.0757. The number of anilines is 3. The molecule has 1 aromatic heterocycles. The molecule has 0 radical (unpaired) electrons. The number of likely N-dealkylation sites (N-methyl/N-ethyl adjacent to an activating group) is 1. The molecule has 5 rings (SSSR count). The molecule has 1 unspecified atom stereocenters. The minimum Gasteiger partial charge on any atom is -0.324 e. The molecule has 3 heterocycles. The predicted molar refractivity (Wildman–Crippen MR) is 125 cm³/mol. The zero-order valence-corrected chi connectivity index (χ0v) is 19.2. The monoisotopic (exact) mass is 469 g/mol. The molecule has 6 nitrogen and oxygen atoms in total. The van der Waals surface area contributed by atoms with Crippen LogP contribution in [-0.2, 0) is 13.0 Å². The number of amides is 1. The lowest BCUT2D eigenvalue weighted by Gasteiger charge is -2.33. The van der Waals surface area contributed by atoms with Gasteiger partial charge >= 0.3 is 0 Å². The predicted octanol–water partition coefficient (Wildman–Crippen LogP) is 5.10. The van der Waals surface area contributed by atoms with Gasteiger partial charge in [-0.05, 0) is 55.8 Å². The Hall–Kier alpha value is -2.68. The van der Waals surface area contributed by atoms with Crippen LogP contribution in [0.25, 0.3) is 0 Å². The molecular formula is C23H21ClFN5OS. The lowest BCUT2D eigenvalue weighted by atomic mass is 9.99. The third-order valence-corrected chi connectivity index (χ3v) is 7.08. The Morgan fingerprint density at radius 3 is 2.91 bits per heavy atom. The fraction of sp³-hybridized carbons (Fsp3) is 0.261. The van der Waals surface area contributed by atoms with Crippen molar-refractivity contribution in [1.29, 1.82) is 0 Å². The van der Waals surface area contributed by atoms with E-state index in [0.717, 1.165) is 25.2 Å². The van der Waals surface area contributed by atoms with E-state index in [1.165, 1.54) is 46.1 Å². The third kappa shape index (κ3) is 3.83. The summed E-state index contributed by atoms with van der Waals surface area (Å²) < 4.78 is 14.5. The SMILES string of the molecule is CC1Sc2nc(Nc3ccc4c(c3)CCN(C)C4)ncc2C(=O)N1c1c(F)cccc1Cl. The molecular weight excluding hydrogens is 449 g/mol. The summed E-state index contributed by atoms with van der Waals surface area (Å²) in [5.41, 5.74) is 3.96. The Morgan fingerprint density at radius 2 is 2.09 bits per heavy atom. The van der Waals surface area contributed by atoms with Gasteiger partial charge in [0.1, 0.15) is 10.8 Å². The second-order valence-electron chi connectivity index (χ2n) is 7.97. The number of benzene rings is 2. The van der Waals surface area contributed by atoms with Crippen LogP contribution in [0.4, 0.5) is 21.7 Å². The van der Waals surface area contributed by atoms with E-state index in [2.05, 4.69) is 39.4 Å². The van der Waals surface area contributed by atoms with Crippen LogP contribution in [0, 0.1) is 5.82 Å². The van der Waals surface area contributed by atoms with Crippen LogP contribution in [-0.4, -0.2) is 39.7 Å². The lowest BCUT2D eigenvalue weighted by Crippen LogP contribution is -2.41. The molecule has 2 aliphatic heterocycles. The molecule has 1 atom stereocenters. The average Bonchev–Trinajstić information content (AvgIpc) is 2.75. The highest BCUT2D eigenvalue weighted by atomic mass is 35.5. The van der Waals surface area contributed by atoms with Crippen molar-refractivity contribution in [3.05, 3.63) is 70.1 Å². The number of rotatable bonds is 3. The third-order valence-electron chi connectivity index (χ3n) is 5.69. The van der Waals surface area contributed by atoms with E-state index in [1.807, 2.05) is 13.0 Å². The van der Waals surface area contributed by atoms with Crippen molar-refractivity contribution in [2.45, 2.75) is 30.3 Å². The number of hydrogen-bond acceptors (Lipinski definition) is 6. The summed E-state index contributed by atoms with van der Waals surface area (Å²) in [7, 11) is 2.12. The molecule has 164 valence electrons. The van der Waals surface area contributed by atoms with Crippen LogP contribution in [0.5, 0.6) is 0 Å². The van der Waals surface area contributed by atoms with E-state index in [0.29, 0.717) is 16.5 Å². The van der Waals surface area contributed by atoms with Crippen LogP contribution in [0.15, 0.2) is 47.6 Å². The zero-order chi connectivity index (χ0) is 22.4. The number of halogens is 2. The molecule has 3 aromatic rings. The fourth-order valence-electron chi connectivity index (χ4n) is 4.08. The maximum Gasteiger partial charge on any atom is 0.263 e. The van der Waals surface area contributed by atoms with Crippen LogP contribution < -0.4 is 10.2 Å². The second-order valence-corrected chi connectivity index (χ2v) is 9.68. The van der Waals surface area contributed by atoms with Gasteiger partial charge in [-0.1, -0.05) is 35.5 Å². The Labute approximate surface area is 194 Å². The number of thioether (sulfide) groups is 1. The number of hydrogen-bond donors (Lipinski definition) is 1. The van der Waals surface area contributed by atoms with Gasteiger partial charge in [0, 0.05) is 25.0 Å². The Balaban J connectivity index is 1.42. The zero-order valence-electron chi connectivity index (χ0n) is 17.6. The summed E-state index contributed by atoms with van der Waals surface area (Å²) in [5.74, 6) is -0.497. The molecule has 1 N–H and O–H groups in total. The number of carbonyl (C=O) groups is 1. The number of carbonyl (C=O) groups excluding carboxylic acids is 1. The molecule has 9 heteroatoms. The Morgan fingerprint density at radius 1 is 1.25 bits per heavy atom. The van der Waals surface area contributed by atoms with Crippen molar-refractivity contribution in [3.8, 4) is 0 Å². The molecule has 2 aromatic carbocycles. The van der Waals surface area contributed by atoms with E-state index < -0.39 is 5.82 Å². The number of aromatic nitrogens is 2. The van der Waals surface area contributed by atoms with Gasteiger partial charge < -0.3 is 10.2 Å². The summed E-state index contributed by atoms with van der Waals surface area (Å²) in [4.78, 5) is 25.7. The van der Waals surface area contributed by atoms with Crippen molar-refractivity contribution < 1.29 is 9.18 Å². The van der Waals surface area contributed by atoms with E-state index in [4.69, 9.17) is 11.6 Å². The van der Waals surface area contributed by atoms with E-state index in [-0.39, 0.29) is 22.0 Å². The molecule has 0 bridgehead atoms. The highest BCUT2D eigenvalue weighted by molar-refractivity contribution is 8.00. The molecule has 0 fully saturated rings. The Bertz CT molecular complexity index is 1200. The van der Waals surface area contributed by atoms with Gasteiger partial charge in [-0.2, -0.15) is 0 Å². The van der Waals surface area contributed by atoms with Gasteiger partial charge in [0.25, 0.3) is 5.91 Å². The molecule has 0 spiro atoms. The smallest absolute Gasteiger partial charge is 0.263 e. The highest BCUT2D eigenvalue weighted by Gasteiger charge is 2.35. The van der Waals surface area contributed by atoms with Crippen molar-refractivity contribution in [2.75, 3.05) is 23.8 Å². The lowest BCUT2D eigenvalue weighted by molar-refractivity contribution is 0.0978. The van der Waals surface area contributed by atoms with E-state index in [9.17, 15) is 9.18 Å². The van der Waals surface area contributed by atoms with Crippen LogP contribution in [0.3, 0.4) is 0 Å². The van der Waals surface area contributed by atoms with Crippen LogP contribution >= 0.6 is 23.4 Å². The summed E-state index contributed by atoms with van der Waals surface area (Å²) in [6.07, 6.45) is 2.49. The van der Waals surface area contributed by atoms with Gasteiger partial charge in [0.2, 0.25) is 5.95 Å². The minimum atomic E-state index is -0.542. The summed E-state index contributed by atoms with van der Waals surface area (Å²) in [6.45, 7) is 3.80. The number of para-hydroxylation sites is 1. The number of fused-ring (bicyclic) bond motifs is 2. The maximum atomic E-state index is 14.5. The number of nitrogens with one attached hydrogen (secondary N) is 1. The van der Waals surface area contributed by atoms with Gasteiger partial charge in [0.05, 0.1) is 21.6 Å². The first kappa shape index (κ1) is 21.2. The maximum absolute atomic E-state index is 14.5. The van der Waals surface area contributed by atoms with Crippen LogP contribution in [0.1, 0.15) is 28.4 Å². The second kappa shape index (κ2) is 8.35. The normalized spacial score (nSPS) is 18.3. The average molecular weight is 470 g/mol. The van der Waals surface area contributed by atoms with Crippen molar-refractivity contribution in [1.82, 2.24) is 14.9 Å². The van der Waals surface area contributed by atoms with Crippen molar-refractivity contribution in [2.24, 2.45) is 0 Å². The van der Waals surface area contributed by atoms with Crippen molar-refractivity contribution in [3.63, 3.8) is 0 Å². The molecule has 0 saturated heterocycles. The molecule has 0 aliphatic carbocycles. The largest absolute Gasteiger partial charge is 0.324 e. The standard InChI is InChI=1S/C23H21ClFN5OS/c1-13-30(20-18(24)4-3-5-19(20)25)22(31)17-11-26-23(28-21(17)32-13)27-16-7-6-15-12-29(2)9-8-14(15)10-16/h3-7,10-11,13H,8-9,12H2,1-2H3,(H,26,27,28). The van der Waals surface area contributed by atoms with E-state index >= 15 is 0 Å². The summed E-state index contributed by atoms with van der Waals surface area (Å²) in [5, 5.41) is 3.62. The quantitative estimate of drug-likeness (QED) is 0.538. The molecule has 0 saturated carbocycles. The first-order valence-electron chi connectivity index (χ1n) is 10.3. The summed E-state index contributed by atoms with van der Waals surface area (Å²) >= 11 is 7.57. The van der Waals surface area contributed by atoms with Gasteiger partial charge in [-0.15, -0.1) is 0 Å². The highest BCUT2D eigenvalue weighted by Crippen LogP contribution is 2.40. The van der Waals surface area contributed by atoms with Crippen molar-refractivity contribution >= 4 is 46.6 Å². The molecule has 32 heavy (non-hydrogen) atoms. The molecule has 2 aliphatic rings. The van der Waals surface area contributed by atoms with Gasteiger partial charge in [-0.25, -0.2) is 14.4 Å². The van der Waals surface area contributed by atoms with Crippen LogP contribution in [0.2, 0.25) is 5.02 Å². The van der Waals surface area contributed by atoms with E-state index in [1.54, 1.807) is 6.07 Å². The fourth-order valence-corrected chi connectivity index (χ4v) is 5.37. The van der Waals surface area contributed by atoms with Gasteiger partial charge in [0.15, 0.2) is 0 Å². The van der Waals surface area contributed by atoms with Gasteiger partial charge in [-0.3, -0.25) is 9.69 Å². The Kier molecular flexibility index (Phi) is 5.53. The molecule has 1 amide bonds. The first-order valence-corrected chi connectivity index (χ1v) is 11.5. The number of nitrogens with zero attached hydrogens (tertiary/aromatic N) is 4. The summed E-state index contributed by atoms with van der Waals surface area (Å²) in [6, 6.07) is 10.7.